The van der Waals surface area contributed by atoms with Gasteiger partial charge in [-0.1, -0.05) is 0 Å². The summed E-state index contributed by atoms with van der Waals surface area (Å²) in [6, 6.07) is 3.72. The van der Waals surface area contributed by atoms with Gasteiger partial charge in [0.15, 0.2) is 0 Å². The van der Waals surface area contributed by atoms with Crippen molar-refractivity contribution in [3.8, 4) is 5.75 Å². The van der Waals surface area contributed by atoms with E-state index in [1.165, 1.54) is 14.1 Å². The van der Waals surface area contributed by atoms with Crippen LogP contribution < -0.4 is 20.3 Å². The van der Waals surface area contributed by atoms with Gasteiger partial charge in [-0.3, -0.25) is 0 Å². The van der Waals surface area contributed by atoms with Crippen molar-refractivity contribution in [1.82, 2.24) is 10.6 Å². The second kappa shape index (κ2) is 8.68. The maximum Gasteiger partial charge on any atom is 0.412 e. The van der Waals surface area contributed by atoms with Gasteiger partial charge in [0.05, 0.1) is 0 Å². The number of hydrogen-bond acceptors (Lipinski definition) is 4. The lowest BCUT2D eigenvalue weighted by molar-refractivity contribution is 0.197. The molecule has 7 heteroatoms. The molecule has 0 spiro atoms. The average Bonchev–Trinajstić information content (AvgIpc) is 2.37. The van der Waals surface area contributed by atoms with E-state index in [1.807, 2.05) is 50.3 Å². The van der Waals surface area contributed by atoms with E-state index < -0.39 is 12.2 Å². The van der Waals surface area contributed by atoms with E-state index in [1.54, 1.807) is 0 Å². The van der Waals surface area contributed by atoms with Crippen LogP contribution in [0.25, 0.3) is 0 Å². The molecule has 0 atom stereocenters. The average molecular weight is 297 g/mol. The third kappa shape index (κ3) is 6.51. The summed E-state index contributed by atoms with van der Waals surface area (Å²) in [6.45, 7) is 4.00. The SMILES string of the molecule is CNC(=O)O.CNC(=O)Oc1cc(C)c(N(C)C)c(C)c1. The van der Waals surface area contributed by atoms with Gasteiger partial charge in [-0.25, -0.2) is 9.59 Å². The van der Waals surface area contributed by atoms with E-state index >= 15 is 0 Å². The van der Waals surface area contributed by atoms with E-state index in [0.29, 0.717) is 5.75 Å². The second-order valence-electron chi connectivity index (χ2n) is 4.49. The predicted octanol–water partition coefficient (Wildman–Crippen LogP) is 1.97. The van der Waals surface area contributed by atoms with E-state index in [0.717, 1.165) is 16.8 Å². The predicted molar refractivity (Wildman–Crippen MR) is 82.4 cm³/mol. The molecule has 1 aromatic carbocycles. The minimum Gasteiger partial charge on any atom is -0.465 e. The number of carbonyl (C=O) groups is 2. The molecule has 0 saturated heterocycles. The highest BCUT2D eigenvalue weighted by atomic mass is 16.5. The van der Waals surface area contributed by atoms with Crippen LogP contribution in [0.4, 0.5) is 15.3 Å². The van der Waals surface area contributed by atoms with Crippen LogP contribution in [0.2, 0.25) is 0 Å². The zero-order valence-corrected chi connectivity index (χ0v) is 13.3. The number of carbonyl (C=O) groups excluding carboxylic acids is 1. The van der Waals surface area contributed by atoms with E-state index in [2.05, 4.69) is 5.32 Å². The van der Waals surface area contributed by atoms with Gasteiger partial charge in [-0.05, 0) is 37.1 Å². The molecular weight excluding hydrogens is 274 g/mol. The Morgan fingerprint density at radius 1 is 1.10 bits per heavy atom. The first-order valence-electron chi connectivity index (χ1n) is 6.31. The van der Waals surface area contributed by atoms with Crippen molar-refractivity contribution in [3.63, 3.8) is 0 Å². The highest BCUT2D eigenvalue weighted by molar-refractivity contribution is 5.71. The molecule has 1 rings (SSSR count). The van der Waals surface area contributed by atoms with E-state index in [-0.39, 0.29) is 0 Å². The zero-order chi connectivity index (χ0) is 16.6. The lowest BCUT2D eigenvalue weighted by atomic mass is 10.1. The highest BCUT2D eigenvalue weighted by Gasteiger charge is 2.09. The number of hydrogen-bond donors (Lipinski definition) is 3. The van der Waals surface area contributed by atoms with E-state index in [9.17, 15) is 9.59 Å². The van der Waals surface area contributed by atoms with E-state index in [4.69, 9.17) is 9.84 Å². The Morgan fingerprint density at radius 3 is 1.81 bits per heavy atom. The summed E-state index contributed by atoms with van der Waals surface area (Å²) in [5.41, 5.74) is 3.33. The van der Waals surface area contributed by atoms with Crippen molar-refractivity contribution in [2.24, 2.45) is 0 Å². The number of nitrogens with one attached hydrogen (secondary N) is 2. The third-order valence-electron chi connectivity index (χ3n) is 2.54. The van der Waals surface area contributed by atoms with Gasteiger partial charge >= 0.3 is 12.2 Å². The van der Waals surface area contributed by atoms with Crippen molar-refractivity contribution in [3.05, 3.63) is 23.3 Å². The highest BCUT2D eigenvalue weighted by Crippen LogP contribution is 2.28. The molecule has 0 saturated carbocycles. The molecule has 1 aromatic rings. The fraction of sp³-hybridized carbons (Fsp3) is 0.429. The topological polar surface area (TPSA) is 90.9 Å². The van der Waals surface area contributed by atoms with Crippen LogP contribution in [0.5, 0.6) is 5.75 Å². The van der Waals surface area contributed by atoms with Gasteiger partial charge in [-0.15, -0.1) is 0 Å². The minimum absolute atomic E-state index is 0.448. The molecule has 7 nitrogen and oxygen atoms in total. The molecule has 0 aliphatic heterocycles. The number of benzene rings is 1. The summed E-state index contributed by atoms with van der Waals surface area (Å²) >= 11 is 0. The smallest absolute Gasteiger partial charge is 0.412 e. The molecule has 0 radical (unpaired) electrons. The molecule has 0 fully saturated rings. The van der Waals surface area contributed by atoms with Crippen LogP contribution in [0.15, 0.2) is 12.1 Å². The first-order chi connectivity index (χ1) is 9.72. The standard InChI is InChI=1S/C12H18N2O2.C2H5NO2/c1-8-6-10(16-12(15)13-3)7-9(2)11(8)14(4)5;1-3-2(4)5/h6-7H,1-5H3,(H,13,15);3H,1H3,(H,4,5). The summed E-state index contributed by atoms with van der Waals surface area (Å²) in [6.07, 6.45) is -1.44. The largest absolute Gasteiger partial charge is 0.465 e. The van der Waals surface area contributed by atoms with Gasteiger partial charge in [-0.2, -0.15) is 0 Å². The molecule has 0 aliphatic carbocycles. The zero-order valence-electron chi connectivity index (χ0n) is 13.3. The van der Waals surface area contributed by atoms with Crippen LogP contribution in [0, 0.1) is 13.8 Å². The molecular formula is C14H23N3O4. The molecule has 21 heavy (non-hydrogen) atoms. The van der Waals surface area contributed by atoms with Crippen LogP contribution >= 0.6 is 0 Å². The number of carboxylic acid groups (broad SMARTS) is 1. The van der Waals surface area contributed by atoms with Crippen molar-refractivity contribution in [2.75, 3.05) is 33.1 Å². The second-order valence-corrected chi connectivity index (χ2v) is 4.49. The van der Waals surface area contributed by atoms with Crippen LogP contribution in [-0.4, -0.2) is 45.5 Å². The summed E-state index contributed by atoms with van der Waals surface area (Å²) in [5, 5.41) is 12.0. The monoisotopic (exact) mass is 297 g/mol. The van der Waals surface area contributed by atoms with Gasteiger partial charge < -0.3 is 25.4 Å². The Morgan fingerprint density at radius 2 is 1.52 bits per heavy atom. The number of ether oxygens (including phenoxy) is 1. The van der Waals surface area contributed by atoms with Gasteiger partial charge in [0, 0.05) is 33.9 Å². The van der Waals surface area contributed by atoms with Crippen LogP contribution in [-0.2, 0) is 0 Å². The normalized spacial score (nSPS) is 9.05. The Balaban J connectivity index is 0.000000690. The molecule has 2 amide bonds. The first-order valence-corrected chi connectivity index (χ1v) is 6.31. The quantitative estimate of drug-likeness (QED) is 0.776. The van der Waals surface area contributed by atoms with Crippen molar-refractivity contribution >= 4 is 17.9 Å². The molecule has 118 valence electrons. The minimum atomic E-state index is -0.995. The van der Waals surface area contributed by atoms with Crippen molar-refractivity contribution in [2.45, 2.75) is 13.8 Å². The molecule has 0 unspecified atom stereocenters. The maximum atomic E-state index is 11.1. The lowest BCUT2D eigenvalue weighted by Crippen LogP contribution is -2.22. The fourth-order valence-corrected chi connectivity index (χ4v) is 1.84. The van der Waals surface area contributed by atoms with Gasteiger partial charge in [0.1, 0.15) is 5.75 Å². The number of rotatable bonds is 2. The number of nitrogens with zero attached hydrogens (tertiary/aromatic N) is 1. The van der Waals surface area contributed by atoms with Gasteiger partial charge in [0.25, 0.3) is 0 Å². The Labute approximate surface area is 124 Å². The molecule has 0 aliphatic rings. The Hall–Kier alpha value is -2.44. The molecule has 0 heterocycles. The van der Waals surface area contributed by atoms with Crippen molar-refractivity contribution < 1.29 is 19.4 Å². The number of anilines is 1. The first kappa shape index (κ1) is 18.6. The van der Waals surface area contributed by atoms with Crippen molar-refractivity contribution in [1.29, 1.82) is 0 Å². The summed E-state index contributed by atoms with van der Waals surface area (Å²) in [7, 11) is 6.88. The van der Waals surface area contributed by atoms with Crippen LogP contribution in [0.1, 0.15) is 11.1 Å². The number of amides is 2. The van der Waals surface area contributed by atoms with Crippen LogP contribution in [0.3, 0.4) is 0 Å². The summed E-state index contributed by atoms with van der Waals surface area (Å²) in [4.78, 5) is 22.4. The summed E-state index contributed by atoms with van der Waals surface area (Å²) < 4.78 is 5.09. The number of aryl methyl sites for hydroxylation is 2. The summed E-state index contributed by atoms with van der Waals surface area (Å²) in [5.74, 6) is 0.569. The third-order valence-corrected chi connectivity index (χ3v) is 2.54. The lowest BCUT2D eigenvalue weighted by Gasteiger charge is -2.19. The molecule has 0 bridgehead atoms. The molecule has 3 N–H and O–H groups in total. The Bertz CT molecular complexity index is 478. The molecule has 0 aromatic heterocycles. The fourth-order valence-electron chi connectivity index (χ4n) is 1.84. The van der Waals surface area contributed by atoms with Gasteiger partial charge in [0.2, 0.25) is 0 Å². The maximum absolute atomic E-state index is 11.1. The Kier molecular flexibility index (Phi) is 7.67.